The van der Waals surface area contributed by atoms with E-state index in [0.717, 1.165) is 11.1 Å². The van der Waals surface area contributed by atoms with E-state index in [9.17, 15) is 14.4 Å². The Morgan fingerprint density at radius 3 is 1.47 bits per heavy atom. The quantitative estimate of drug-likeness (QED) is 0.582. The molecule has 1 aliphatic rings. The van der Waals surface area contributed by atoms with E-state index < -0.39 is 24.4 Å². The van der Waals surface area contributed by atoms with Crippen molar-refractivity contribution in [1.82, 2.24) is 31.1 Å². The molecule has 0 spiro atoms. The first-order valence-corrected chi connectivity index (χ1v) is 9.62. The Hall–Kier alpha value is -3.75. The molecule has 3 rings (SSSR count). The van der Waals surface area contributed by atoms with Crippen LogP contribution in [0.15, 0.2) is 60.7 Å². The Kier molecular flexibility index (Phi) is 6.74. The predicted octanol–water partition coefficient (Wildman–Crippen LogP) is 1.63. The lowest BCUT2D eigenvalue weighted by atomic mass is 10.2. The van der Waals surface area contributed by atoms with E-state index >= 15 is 0 Å². The molecule has 0 bridgehead atoms. The van der Waals surface area contributed by atoms with Gasteiger partial charge in [0, 0.05) is 27.2 Å². The molecule has 2 aromatic rings. The highest BCUT2D eigenvalue weighted by Crippen LogP contribution is 2.16. The molecule has 0 aromatic heterocycles. The van der Waals surface area contributed by atoms with Crippen molar-refractivity contribution in [3.63, 3.8) is 0 Å². The third-order valence-electron chi connectivity index (χ3n) is 4.89. The molecule has 1 saturated heterocycles. The maximum Gasteiger partial charge on any atom is 0.323 e. The average molecular weight is 410 g/mol. The summed E-state index contributed by atoms with van der Waals surface area (Å²) in [6, 6.07) is 17.8. The second-order valence-electron chi connectivity index (χ2n) is 7.02. The zero-order chi connectivity index (χ0) is 21.5. The minimum Gasteiger partial charge on any atom is -0.334 e. The minimum absolute atomic E-state index is 0.309. The lowest BCUT2D eigenvalue weighted by Crippen LogP contribution is -2.59. The van der Waals surface area contributed by atoms with Crippen LogP contribution >= 0.6 is 0 Å². The number of carbonyl (C=O) groups excluding carboxylic acids is 3. The van der Waals surface area contributed by atoms with Crippen molar-refractivity contribution >= 4 is 18.1 Å². The van der Waals surface area contributed by atoms with Crippen molar-refractivity contribution in [3.8, 4) is 0 Å². The van der Waals surface area contributed by atoms with Gasteiger partial charge in [-0.05, 0) is 11.1 Å². The highest BCUT2D eigenvalue weighted by atomic mass is 16.2. The minimum atomic E-state index is -0.722. The first kappa shape index (κ1) is 21.0. The second kappa shape index (κ2) is 9.64. The van der Waals surface area contributed by atoms with Crippen LogP contribution in [0.2, 0.25) is 0 Å². The van der Waals surface area contributed by atoms with Crippen molar-refractivity contribution < 1.29 is 14.4 Å². The molecule has 1 fully saturated rings. The van der Waals surface area contributed by atoms with Crippen molar-refractivity contribution in [1.29, 1.82) is 0 Å². The fraction of sp³-hybridized carbons (Fsp3) is 0.286. The van der Waals surface area contributed by atoms with E-state index in [0.29, 0.717) is 13.1 Å². The van der Waals surface area contributed by atoms with Gasteiger partial charge in [0.05, 0.1) is 0 Å². The smallest absolute Gasteiger partial charge is 0.323 e. The molecule has 9 nitrogen and oxygen atoms in total. The molecular formula is C21H26N6O3. The molecule has 6 amide bonds. The summed E-state index contributed by atoms with van der Waals surface area (Å²) in [5.74, 6) is 0. The monoisotopic (exact) mass is 410 g/mol. The average Bonchev–Trinajstić information content (AvgIpc) is 2.96. The van der Waals surface area contributed by atoms with Gasteiger partial charge in [0.2, 0.25) is 0 Å². The summed E-state index contributed by atoms with van der Waals surface area (Å²) in [5, 5.41) is 11.0. The number of carbonyl (C=O) groups is 3. The maximum absolute atomic E-state index is 12.4. The Labute approximate surface area is 175 Å². The van der Waals surface area contributed by atoms with Crippen molar-refractivity contribution in [2.75, 3.05) is 14.1 Å². The van der Waals surface area contributed by atoms with Crippen LogP contribution in [0, 0.1) is 0 Å². The van der Waals surface area contributed by atoms with Crippen LogP contribution in [0.3, 0.4) is 0 Å². The number of urea groups is 3. The normalized spacial score (nSPS) is 18.1. The molecule has 2 aromatic carbocycles. The van der Waals surface area contributed by atoms with Crippen LogP contribution < -0.4 is 21.3 Å². The first-order valence-electron chi connectivity index (χ1n) is 9.62. The van der Waals surface area contributed by atoms with Crippen LogP contribution in [0.4, 0.5) is 14.4 Å². The fourth-order valence-electron chi connectivity index (χ4n) is 3.19. The number of hydrogen-bond donors (Lipinski definition) is 4. The van der Waals surface area contributed by atoms with Gasteiger partial charge in [-0.1, -0.05) is 60.7 Å². The number of rotatable bonds is 6. The third kappa shape index (κ3) is 5.19. The van der Waals surface area contributed by atoms with Crippen molar-refractivity contribution in [2.24, 2.45) is 0 Å². The van der Waals surface area contributed by atoms with Gasteiger partial charge in [0.25, 0.3) is 0 Å². The van der Waals surface area contributed by atoms with Gasteiger partial charge >= 0.3 is 18.1 Å². The predicted molar refractivity (Wildman–Crippen MR) is 112 cm³/mol. The lowest BCUT2D eigenvalue weighted by molar-refractivity contribution is 0.193. The first-order chi connectivity index (χ1) is 14.5. The lowest BCUT2D eigenvalue weighted by Gasteiger charge is -2.27. The Balaban J connectivity index is 1.56. The van der Waals surface area contributed by atoms with Crippen LogP contribution in [0.5, 0.6) is 0 Å². The van der Waals surface area contributed by atoms with Crippen molar-refractivity contribution in [3.05, 3.63) is 71.8 Å². The standard InChI is InChI=1S/C21H26N6O3/c1-26-17(24-19(28)22-13-15-9-5-3-6-10-15)18(27(2)21(26)30)25-20(29)23-14-16-11-7-4-8-12-16/h3-12,17-18H,13-14H2,1-2H3,(H2,22,24,28)(H2,23,25,29). The summed E-state index contributed by atoms with van der Waals surface area (Å²) in [5.41, 5.74) is 1.91. The molecule has 30 heavy (non-hydrogen) atoms. The highest BCUT2D eigenvalue weighted by molar-refractivity contribution is 5.82. The molecule has 1 aliphatic heterocycles. The number of amides is 6. The summed E-state index contributed by atoms with van der Waals surface area (Å²) in [6.07, 6.45) is -1.44. The van der Waals surface area contributed by atoms with Crippen LogP contribution in [-0.2, 0) is 13.1 Å². The van der Waals surface area contributed by atoms with E-state index in [2.05, 4.69) is 21.3 Å². The summed E-state index contributed by atoms with van der Waals surface area (Å²) in [4.78, 5) is 39.8. The third-order valence-corrected chi connectivity index (χ3v) is 4.89. The Morgan fingerprint density at radius 2 is 1.10 bits per heavy atom. The van der Waals surface area contributed by atoms with Gasteiger partial charge < -0.3 is 31.1 Å². The van der Waals surface area contributed by atoms with Gasteiger partial charge in [-0.2, -0.15) is 0 Å². The number of benzene rings is 2. The maximum atomic E-state index is 12.4. The fourth-order valence-corrected chi connectivity index (χ4v) is 3.19. The number of nitrogens with zero attached hydrogens (tertiary/aromatic N) is 2. The zero-order valence-corrected chi connectivity index (χ0v) is 17.0. The molecule has 2 atom stereocenters. The van der Waals surface area contributed by atoms with E-state index in [4.69, 9.17) is 0 Å². The van der Waals surface area contributed by atoms with Crippen LogP contribution in [0.25, 0.3) is 0 Å². The molecule has 2 unspecified atom stereocenters. The molecule has 0 saturated carbocycles. The Bertz CT molecular complexity index is 805. The van der Waals surface area contributed by atoms with Crippen LogP contribution in [0.1, 0.15) is 11.1 Å². The van der Waals surface area contributed by atoms with Gasteiger partial charge in [-0.15, -0.1) is 0 Å². The molecule has 158 valence electrons. The SMILES string of the molecule is CN1C(=O)N(C)C(NC(=O)NCc2ccccc2)C1NC(=O)NCc1ccccc1. The summed E-state index contributed by atoms with van der Waals surface area (Å²) >= 11 is 0. The zero-order valence-electron chi connectivity index (χ0n) is 17.0. The molecule has 1 heterocycles. The highest BCUT2D eigenvalue weighted by Gasteiger charge is 2.43. The molecule has 4 N–H and O–H groups in total. The van der Waals surface area contributed by atoms with Crippen molar-refractivity contribution in [2.45, 2.75) is 25.4 Å². The van der Waals surface area contributed by atoms with Gasteiger partial charge in [0.15, 0.2) is 0 Å². The van der Waals surface area contributed by atoms with Gasteiger partial charge in [-0.3, -0.25) is 0 Å². The Morgan fingerprint density at radius 1 is 0.733 bits per heavy atom. The van der Waals surface area contributed by atoms with E-state index in [1.807, 2.05) is 60.7 Å². The van der Waals surface area contributed by atoms with E-state index in [1.165, 1.54) is 9.80 Å². The number of nitrogens with one attached hydrogen (secondary N) is 4. The van der Waals surface area contributed by atoms with Gasteiger partial charge in [0.1, 0.15) is 12.3 Å². The van der Waals surface area contributed by atoms with Crippen LogP contribution in [-0.4, -0.2) is 54.3 Å². The van der Waals surface area contributed by atoms with E-state index in [1.54, 1.807) is 14.1 Å². The molecule has 9 heteroatoms. The summed E-state index contributed by atoms with van der Waals surface area (Å²) in [7, 11) is 3.15. The number of likely N-dealkylation sites (N-methyl/N-ethyl adjacent to an activating group) is 2. The second-order valence-corrected chi connectivity index (χ2v) is 7.02. The topological polar surface area (TPSA) is 106 Å². The molecular weight excluding hydrogens is 384 g/mol. The largest absolute Gasteiger partial charge is 0.334 e. The molecule has 0 radical (unpaired) electrons. The number of hydrogen-bond acceptors (Lipinski definition) is 3. The van der Waals surface area contributed by atoms with Gasteiger partial charge in [-0.25, -0.2) is 14.4 Å². The summed E-state index contributed by atoms with van der Waals surface area (Å²) in [6.45, 7) is 0.700. The molecule has 0 aliphatic carbocycles. The summed E-state index contributed by atoms with van der Waals surface area (Å²) < 4.78 is 0. The van der Waals surface area contributed by atoms with E-state index in [-0.39, 0.29) is 6.03 Å².